The third-order valence-corrected chi connectivity index (χ3v) is 5.69. The SMILES string of the molecule is CCOc1ccc(C(=O)Nc2ccc(I)cc2)cc1S(=O)(=O)NC(C)C. The van der Waals surface area contributed by atoms with Crippen molar-refractivity contribution in [1.82, 2.24) is 4.72 Å². The molecule has 140 valence electrons. The molecule has 0 heterocycles. The van der Waals surface area contributed by atoms with Gasteiger partial charge in [-0.25, -0.2) is 13.1 Å². The molecule has 0 spiro atoms. The van der Waals surface area contributed by atoms with Gasteiger partial charge in [0.1, 0.15) is 10.6 Å². The maximum absolute atomic E-state index is 12.6. The highest BCUT2D eigenvalue weighted by Gasteiger charge is 2.22. The lowest BCUT2D eigenvalue weighted by atomic mass is 10.2. The van der Waals surface area contributed by atoms with Crippen LogP contribution in [0.25, 0.3) is 0 Å². The van der Waals surface area contributed by atoms with Gasteiger partial charge in [-0.1, -0.05) is 0 Å². The molecular weight excluding hydrogens is 467 g/mol. The van der Waals surface area contributed by atoms with Crippen LogP contribution < -0.4 is 14.8 Å². The Balaban J connectivity index is 2.36. The molecule has 2 rings (SSSR count). The van der Waals surface area contributed by atoms with Gasteiger partial charge in [-0.05, 0) is 85.8 Å². The summed E-state index contributed by atoms with van der Waals surface area (Å²) in [4.78, 5) is 12.4. The van der Waals surface area contributed by atoms with Gasteiger partial charge >= 0.3 is 0 Å². The third kappa shape index (κ3) is 5.42. The smallest absolute Gasteiger partial charge is 0.255 e. The fourth-order valence-corrected chi connectivity index (χ4v) is 4.03. The van der Waals surface area contributed by atoms with E-state index in [1.165, 1.54) is 12.1 Å². The quantitative estimate of drug-likeness (QED) is 0.584. The highest BCUT2D eigenvalue weighted by molar-refractivity contribution is 14.1. The molecule has 0 radical (unpaired) electrons. The van der Waals surface area contributed by atoms with E-state index in [0.29, 0.717) is 12.3 Å². The predicted molar refractivity (Wildman–Crippen MR) is 110 cm³/mol. The number of carbonyl (C=O) groups is 1. The molecule has 1 amide bonds. The summed E-state index contributed by atoms with van der Waals surface area (Å²) in [7, 11) is -3.80. The molecular formula is C18H21IN2O4S. The van der Waals surface area contributed by atoms with E-state index in [1.807, 2.05) is 12.1 Å². The van der Waals surface area contributed by atoms with E-state index in [0.717, 1.165) is 3.57 Å². The second-order valence-electron chi connectivity index (χ2n) is 5.83. The minimum absolute atomic E-state index is 0.0525. The van der Waals surface area contributed by atoms with Crippen molar-refractivity contribution in [2.24, 2.45) is 0 Å². The molecule has 26 heavy (non-hydrogen) atoms. The summed E-state index contributed by atoms with van der Waals surface area (Å²) in [5.41, 5.74) is 0.866. The first-order chi connectivity index (χ1) is 12.2. The number of amides is 1. The highest BCUT2D eigenvalue weighted by atomic mass is 127. The first-order valence-electron chi connectivity index (χ1n) is 8.09. The Bertz CT molecular complexity index is 881. The lowest BCUT2D eigenvalue weighted by Crippen LogP contribution is -2.30. The Hall–Kier alpha value is -1.65. The molecule has 2 aromatic rings. The van der Waals surface area contributed by atoms with Gasteiger partial charge in [-0.3, -0.25) is 4.79 Å². The van der Waals surface area contributed by atoms with Crippen LogP contribution in [0, 0.1) is 3.57 Å². The van der Waals surface area contributed by atoms with Crippen molar-refractivity contribution >= 4 is 44.2 Å². The fraction of sp³-hybridized carbons (Fsp3) is 0.278. The van der Waals surface area contributed by atoms with Crippen LogP contribution in [0.2, 0.25) is 0 Å². The first kappa shape index (κ1) is 20.7. The van der Waals surface area contributed by atoms with Gasteiger partial charge < -0.3 is 10.1 Å². The molecule has 0 saturated heterocycles. The summed E-state index contributed by atoms with van der Waals surface area (Å²) in [5.74, 6) is -0.179. The number of nitrogens with one attached hydrogen (secondary N) is 2. The molecule has 0 fully saturated rings. The van der Waals surface area contributed by atoms with Gasteiger partial charge in [0.05, 0.1) is 6.61 Å². The van der Waals surface area contributed by atoms with Crippen LogP contribution in [0.1, 0.15) is 31.1 Å². The van der Waals surface area contributed by atoms with Gasteiger partial charge in [-0.15, -0.1) is 0 Å². The van der Waals surface area contributed by atoms with Crippen LogP contribution in [0.3, 0.4) is 0 Å². The van der Waals surface area contributed by atoms with Crippen LogP contribution in [0.4, 0.5) is 5.69 Å². The predicted octanol–water partition coefficient (Wildman–Crippen LogP) is 3.63. The summed E-state index contributed by atoms with van der Waals surface area (Å²) in [6.45, 7) is 5.54. The van der Waals surface area contributed by atoms with E-state index in [4.69, 9.17) is 4.74 Å². The summed E-state index contributed by atoms with van der Waals surface area (Å²) in [6, 6.07) is 11.4. The summed E-state index contributed by atoms with van der Waals surface area (Å²) < 4.78 is 34.2. The molecule has 0 bridgehead atoms. The van der Waals surface area contributed by atoms with Crippen LogP contribution in [-0.4, -0.2) is 27.0 Å². The number of ether oxygens (including phenoxy) is 1. The fourth-order valence-electron chi connectivity index (χ4n) is 2.24. The van der Waals surface area contributed by atoms with Crippen molar-refractivity contribution in [1.29, 1.82) is 0 Å². The number of hydrogen-bond acceptors (Lipinski definition) is 4. The molecule has 2 N–H and O–H groups in total. The molecule has 2 aromatic carbocycles. The minimum atomic E-state index is -3.80. The Kier molecular flexibility index (Phi) is 7.01. The number of benzene rings is 2. The van der Waals surface area contributed by atoms with Crippen molar-refractivity contribution < 1.29 is 17.9 Å². The number of anilines is 1. The van der Waals surface area contributed by atoms with Crippen LogP contribution >= 0.6 is 22.6 Å². The monoisotopic (exact) mass is 488 g/mol. The van der Waals surface area contributed by atoms with Crippen LogP contribution in [0.5, 0.6) is 5.75 Å². The second kappa shape index (κ2) is 8.83. The number of carbonyl (C=O) groups excluding carboxylic acids is 1. The molecule has 0 atom stereocenters. The lowest BCUT2D eigenvalue weighted by molar-refractivity contribution is 0.102. The maximum Gasteiger partial charge on any atom is 0.255 e. The lowest BCUT2D eigenvalue weighted by Gasteiger charge is -2.15. The molecule has 0 aliphatic rings. The van der Waals surface area contributed by atoms with E-state index in [2.05, 4.69) is 32.6 Å². The van der Waals surface area contributed by atoms with Crippen LogP contribution in [0.15, 0.2) is 47.4 Å². The topological polar surface area (TPSA) is 84.5 Å². The highest BCUT2D eigenvalue weighted by Crippen LogP contribution is 2.26. The average molecular weight is 488 g/mol. The number of halogens is 1. The van der Waals surface area contributed by atoms with Gasteiger partial charge in [0.15, 0.2) is 0 Å². The maximum atomic E-state index is 12.6. The average Bonchev–Trinajstić information content (AvgIpc) is 2.56. The molecule has 0 aromatic heterocycles. The molecule has 8 heteroatoms. The Morgan fingerprint density at radius 2 is 1.81 bits per heavy atom. The summed E-state index contributed by atoms with van der Waals surface area (Å²) in [5, 5.41) is 2.76. The Labute approximate surface area is 167 Å². The molecule has 0 unspecified atom stereocenters. The first-order valence-corrected chi connectivity index (χ1v) is 10.6. The van der Waals surface area contributed by atoms with Crippen molar-refractivity contribution in [3.05, 3.63) is 51.6 Å². The zero-order chi connectivity index (χ0) is 19.3. The third-order valence-electron chi connectivity index (χ3n) is 3.29. The normalized spacial score (nSPS) is 11.4. The minimum Gasteiger partial charge on any atom is -0.492 e. The summed E-state index contributed by atoms with van der Waals surface area (Å²) in [6.07, 6.45) is 0. The van der Waals surface area contributed by atoms with Gasteiger partial charge in [0.25, 0.3) is 5.91 Å². The molecule has 6 nitrogen and oxygen atoms in total. The largest absolute Gasteiger partial charge is 0.492 e. The molecule has 0 aliphatic heterocycles. The molecule has 0 saturated carbocycles. The zero-order valence-electron chi connectivity index (χ0n) is 14.7. The van der Waals surface area contributed by atoms with E-state index >= 15 is 0 Å². The van der Waals surface area contributed by atoms with E-state index in [1.54, 1.807) is 39.0 Å². The van der Waals surface area contributed by atoms with Gasteiger partial charge in [0.2, 0.25) is 10.0 Å². The van der Waals surface area contributed by atoms with Gasteiger partial charge in [-0.2, -0.15) is 0 Å². The van der Waals surface area contributed by atoms with Crippen molar-refractivity contribution in [2.75, 3.05) is 11.9 Å². The second-order valence-corrected chi connectivity index (χ2v) is 8.76. The van der Waals surface area contributed by atoms with Gasteiger partial charge in [0, 0.05) is 20.9 Å². The van der Waals surface area contributed by atoms with E-state index in [-0.39, 0.29) is 22.3 Å². The van der Waals surface area contributed by atoms with Crippen molar-refractivity contribution in [2.45, 2.75) is 31.7 Å². The standard InChI is InChI=1S/C18H21IN2O4S/c1-4-25-16-10-5-13(11-17(16)26(23,24)21-12(2)3)18(22)20-15-8-6-14(19)7-9-15/h5-12,21H,4H2,1-3H3,(H,20,22). The van der Waals surface area contributed by atoms with Crippen molar-refractivity contribution in [3.8, 4) is 5.75 Å². The molecule has 0 aliphatic carbocycles. The van der Waals surface area contributed by atoms with Crippen molar-refractivity contribution in [3.63, 3.8) is 0 Å². The van der Waals surface area contributed by atoms with Crippen LogP contribution in [-0.2, 0) is 10.0 Å². The number of sulfonamides is 1. The zero-order valence-corrected chi connectivity index (χ0v) is 17.7. The van der Waals surface area contributed by atoms with E-state index < -0.39 is 15.9 Å². The van der Waals surface area contributed by atoms with E-state index in [9.17, 15) is 13.2 Å². The number of hydrogen-bond donors (Lipinski definition) is 2. The number of rotatable bonds is 7. The summed E-state index contributed by atoms with van der Waals surface area (Å²) >= 11 is 2.18. The Morgan fingerprint density at radius 1 is 1.15 bits per heavy atom. The Morgan fingerprint density at radius 3 is 2.38 bits per heavy atom.